The minimum Gasteiger partial charge on any atom is -0.356 e. The van der Waals surface area contributed by atoms with Crippen molar-refractivity contribution in [1.82, 2.24) is 10.6 Å². The highest BCUT2D eigenvalue weighted by Gasteiger charge is 2.17. The molecule has 0 unspecified atom stereocenters. The van der Waals surface area contributed by atoms with Gasteiger partial charge in [-0.1, -0.05) is 19.8 Å². The first-order chi connectivity index (χ1) is 8.26. The minimum atomic E-state index is 0.838. The summed E-state index contributed by atoms with van der Waals surface area (Å²) in [7, 11) is 1.84. The molecule has 0 atom stereocenters. The van der Waals surface area contributed by atoms with E-state index in [1.807, 2.05) is 18.8 Å². The lowest BCUT2D eigenvalue weighted by molar-refractivity contribution is 0.289. The van der Waals surface area contributed by atoms with E-state index in [9.17, 15) is 0 Å². The molecule has 1 aliphatic carbocycles. The maximum Gasteiger partial charge on any atom is 0.191 e. The number of hydrogen-bond donors (Lipinski definition) is 2. The Labute approximate surface area is 110 Å². The van der Waals surface area contributed by atoms with Crippen molar-refractivity contribution in [2.24, 2.45) is 16.8 Å². The van der Waals surface area contributed by atoms with Gasteiger partial charge < -0.3 is 10.6 Å². The zero-order valence-electron chi connectivity index (χ0n) is 11.5. The summed E-state index contributed by atoms with van der Waals surface area (Å²) in [6, 6.07) is 0. The molecular weight excluding hydrogens is 230 g/mol. The Morgan fingerprint density at radius 2 is 1.94 bits per heavy atom. The van der Waals surface area contributed by atoms with Crippen LogP contribution in [0, 0.1) is 11.8 Å². The molecule has 0 bridgehead atoms. The second-order valence-corrected chi connectivity index (χ2v) is 5.98. The van der Waals surface area contributed by atoms with Crippen molar-refractivity contribution in [1.29, 1.82) is 0 Å². The number of rotatable bonds is 5. The average Bonchev–Trinajstić information content (AvgIpc) is 2.35. The molecule has 3 nitrogen and oxygen atoms in total. The molecule has 0 aromatic heterocycles. The first-order valence-corrected chi connectivity index (χ1v) is 8.09. The molecule has 1 fully saturated rings. The summed E-state index contributed by atoms with van der Waals surface area (Å²) in [6.07, 6.45) is 7.66. The summed E-state index contributed by atoms with van der Waals surface area (Å²) in [5.41, 5.74) is 0. The Kier molecular flexibility index (Phi) is 7.49. The molecule has 100 valence electrons. The first-order valence-electron chi connectivity index (χ1n) is 6.69. The van der Waals surface area contributed by atoms with Crippen LogP contribution in [0.25, 0.3) is 0 Å². The van der Waals surface area contributed by atoms with Crippen molar-refractivity contribution >= 4 is 17.7 Å². The van der Waals surface area contributed by atoms with Gasteiger partial charge in [-0.2, -0.15) is 11.8 Å². The van der Waals surface area contributed by atoms with E-state index in [4.69, 9.17) is 0 Å². The Morgan fingerprint density at radius 3 is 2.53 bits per heavy atom. The van der Waals surface area contributed by atoms with Crippen LogP contribution in [0.5, 0.6) is 0 Å². The third kappa shape index (κ3) is 6.20. The predicted molar refractivity (Wildman–Crippen MR) is 78.9 cm³/mol. The van der Waals surface area contributed by atoms with Crippen molar-refractivity contribution < 1.29 is 0 Å². The fourth-order valence-electron chi connectivity index (χ4n) is 2.27. The lowest BCUT2D eigenvalue weighted by Gasteiger charge is -2.26. The molecule has 1 aliphatic rings. The minimum absolute atomic E-state index is 0.838. The van der Waals surface area contributed by atoms with Gasteiger partial charge in [0.25, 0.3) is 0 Å². The highest BCUT2D eigenvalue weighted by atomic mass is 32.2. The molecule has 4 heteroatoms. The third-order valence-electron chi connectivity index (χ3n) is 3.52. The standard InChI is InChI=1S/C13H27N3S/c1-11-4-6-12(7-5-11)10-16-13(14-2)15-8-9-17-3/h11-12H,4-10H2,1-3H3,(H2,14,15,16). The molecule has 0 saturated heterocycles. The number of nitrogens with one attached hydrogen (secondary N) is 2. The zero-order valence-corrected chi connectivity index (χ0v) is 12.3. The van der Waals surface area contributed by atoms with Crippen LogP contribution in [-0.2, 0) is 0 Å². The van der Waals surface area contributed by atoms with Gasteiger partial charge in [0, 0.05) is 25.9 Å². The highest BCUT2D eigenvalue weighted by Crippen LogP contribution is 2.27. The number of aliphatic imine (C=N–C) groups is 1. The fraction of sp³-hybridized carbons (Fsp3) is 0.923. The van der Waals surface area contributed by atoms with Gasteiger partial charge in [0.05, 0.1) is 0 Å². The van der Waals surface area contributed by atoms with E-state index in [1.165, 1.54) is 25.7 Å². The second-order valence-electron chi connectivity index (χ2n) is 5.00. The van der Waals surface area contributed by atoms with Gasteiger partial charge in [0.1, 0.15) is 0 Å². The van der Waals surface area contributed by atoms with Crippen LogP contribution in [0.2, 0.25) is 0 Å². The van der Waals surface area contributed by atoms with Crippen molar-refractivity contribution in [2.45, 2.75) is 32.6 Å². The topological polar surface area (TPSA) is 36.4 Å². The van der Waals surface area contributed by atoms with Crippen LogP contribution in [-0.4, -0.2) is 38.1 Å². The van der Waals surface area contributed by atoms with E-state index in [0.29, 0.717) is 0 Å². The maximum atomic E-state index is 4.24. The number of thioether (sulfide) groups is 1. The largest absolute Gasteiger partial charge is 0.356 e. The maximum absolute atomic E-state index is 4.24. The van der Waals surface area contributed by atoms with Crippen LogP contribution in [0.4, 0.5) is 0 Å². The van der Waals surface area contributed by atoms with Crippen molar-refractivity contribution in [3.8, 4) is 0 Å². The van der Waals surface area contributed by atoms with Gasteiger partial charge in [-0.25, -0.2) is 0 Å². The summed E-state index contributed by atoms with van der Waals surface area (Å²) < 4.78 is 0. The number of guanidine groups is 1. The molecule has 17 heavy (non-hydrogen) atoms. The van der Waals surface area contributed by atoms with Crippen molar-refractivity contribution in [2.75, 3.05) is 32.1 Å². The molecule has 0 aliphatic heterocycles. The summed E-state index contributed by atoms with van der Waals surface area (Å²) in [6.45, 7) is 4.43. The predicted octanol–water partition coefficient (Wildman–Crippen LogP) is 2.34. The molecule has 2 N–H and O–H groups in total. The quantitative estimate of drug-likeness (QED) is 0.451. The van der Waals surface area contributed by atoms with Crippen LogP contribution in [0.1, 0.15) is 32.6 Å². The summed E-state index contributed by atoms with van der Waals surface area (Å²) in [5.74, 6) is 3.86. The Hall–Kier alpha value is -0.380. The van der Waals surface area contributed by atoms with Crippen molar-refractivity contribution in [3.05, 3.63) is 0 Å². The van der Waals surface area contributed by atoms with Crippen molar-refractivity contribution in [3.63, 3.8) is 0 Å². The fourth-order valence-corrected chi connectivity index (χ4v) is 2.57. The molecule has 1 rings (SSSR count). The molecule has 0 aromatic carbocycles. The van der Waals surface area contributed by atoms with Crippen LogP contribution in [0.3, 0.4) is 0 Å². The monoisotopic (exact) mass is 257 g/mol. The normalized spacial score (nSPS) is 25.7. The van der Waals surface area contributed by atoms with E-state index in [2.05, 4.69) is 28.8 Å². The van der Waals surface area contributed by atoms with Crippen LogP contribution < -0.4 is 10.6 Å². The molecule has 0 radical (unpaired) electrons. The summed E-state index contributed by atoms with van der Waals surface area (Å²) in [5, 5.41) is 6.78. The first kappa shape index (κ1) is 14.7. The Balaban J connectivity index is 2.14. The van der Waals surface area contributed by atoms with Gasteiger partial charge in [-0.05, 0) is 30.9 Å². The number of nitrogens with zero attached hydrogens (tertiary/aromatic N) is 1. The zero-order chi connectivity index (χ0) is 12.5. The molecule has 0 spiro atoms. The van der Waals surface area contributed by atoms with Gasteiger partial charge >= 0.3 is 0 Å². The van der Waals surface area contributed by atoms with E-state index >= 15 is 0 Å². The van der Waals surface area contributed by atoms with E-state index in [-0.39, 0.29) is 0 Å². The Bertz CT molecular complexity index is 223. The molecule has 0 aromatic rings. The van der Waals surface area contributed by atoms with Gasteiger partial charge in [-0.15, -0.1) is 0 Å². The van der Waals surface area contributed by atoms with E-state index in [1.54, 1.807) is 0 Å². The lowest BCUT2D eigenvalue weighted by Crippen LogP contribution is -2.41. The molecule has 1 saturated carbocycles. The highest BCUT2D eigenvalue weighted by molar-refractivity contribution is 7.98. The molecule has 0 heterocycles. The third-order valence-corrected chi connectivity index (χ3v) is 4.13. The second kappa shape index (κ2) is 8.67. The van der Waals surface area contributed by atoms with Crippen LogP contribution >= 0.6 is 11.8 Å². The lowest BCUT2D eigenvalue weighted by atomic mass is 9.83. The Morgan fingerprint density at radius 1 is 1.24 bits per heavy atom. The summed E-state index contributed by atoms with van der Waals surface area (Å²) in [4.78, 5) is 4.24. The van der Waals surface area contributed by atoms with Gasteiger partial charge in [-0.3, -0.25) is 4.99 Å². The van der Waals surface area contributed by atoms with Gasteiger partial charge in [0.2, 0.25) is 0 Å². The van der Waals surface area contributed by atoms with Gasteiger partial charge in [0.15, 0.2) is 5.96 Å². The SMILES string of the molecule is CN=C(NCCSC)NCC1CCC(C)CC1. The number of hydrogen-bond acceptors (Lipinski definition) is 2. The smallest absolute Gasteiger partial charge is 0.191 e. The van der Waals surface area contributed by atoms with E-state index in [0.717, 1.165) is 36.6 Å². The van der Waals surface area contributed by atoms with E-state index < -0.39 is 0 Å². The summed E-state index contributed by atoms with van der Waals surface area (Å²) >= 11 is 1.86. The molecule has 0 amide bonds. The molecular formula is C13H27N3S. The average molecular weight is 257 g/mol. The van der Waals surface area contributed by atoms with Crippen LogP contribution in [0.15, 0.2) is 4.99 Å².